The van der Waals surface area contributed by atoms with Crippen molar-refractivity contribution in [1.82, 2.24) is 14.9 Å². The Labute approximate surface area is 121 Å². The van der Waals surface area contributed by atoms with E-state index in [0.717, 1.165) is 6.20 Å². The van der Waals surface area contributed by atoms with E-state index < -0.39 is 15.7 Å². The second kappa shape index (κ2) is 6.02. The Morgan fingerprint density at radius 2 is 2.10 bits per heavy atom. The molecule has 1 saturated heterocycles. The maximum absolute atomic E-state index is 12.3. The summed E-state index contributed by atoms with van der Waals surface area (Å²) >= 11 is 5.91. The molecule has 110 valence electrons. The first kappa shape index (κ1) is 15.1. The summed E-state index contributed by atoms with van der Waals surface area (Å²) in [4.78, 5) is 21.3. The molecule has 0 bridgehead atoms. The van der Waals surface area contributed by atoms with Crippen LogP contribution < -0.4 is 0 Å². The van der Waals surface area contributed by atoms with Gasteiger partial charge in [-0.15, -0.1) is 0 Å². The molecule has 0 aromatic carbocycles. The Balaban J connectivity index is 2.35. The van der Waals surface area contributed by atoms with Crippen LogP contribution in [0.25, 0.3) is 0 Å². The lowest BCUT2D eigenvalue weighted by Gasteiger charge is -2.26. The van der Waals surface area contributed by atoms with Crippen LogP contribution in [0.1, 0.15) is 17.4 Å². The molecule has 1 aliphatic rings. The Morgan fingerprint density at radius 3 is 2.70 bits per heavy atom. The maximum atomic E-state index is 12.3. The second-order valence-electron chi connectivity index (χ2n) is 4.16. The van der Waals surface area contributed by atoms with Crippen molar-refractivity contribution in [1.29, 1.82) is 0 Å². The van der Waals surface area contributed by atoms with Crippen molar-refractivity contribution in [3.8, 4) is 0 Å². The quantitative estimate of drug-likeness (QED) is 0.749. The van der Waals surface area contributed by atoms with Gasteiger partial charge >= 0.3 is 0 Å². The molecule has 0 radical (unpaired) electrons. The fraction of sp³-hybridized carbons (Fsp3) is 0.545. The van der Waals surface area contributed by atoms with Gasteiger partial charge in [-0.25, -0.2) is 18.4 Å². The number of nitrogens with zero attached hydrogens (tertiary/aromatic N) is 3. The molecule has 1 aromatic rings. The molecule has 1 amide bonds. The van der Waals surface area contributed by atoms with Crippen molar-refractivity contribution in [2.75, 3.05) is 32.1 Å². The standard InChI is InChI=1S/C11H14ClN3O4S/c1-2-20(17,18)11-13-7-8(12)9(14-11)10(16)15-3-5-19-6-4-15/h7H,2-6H2,1H3. The van der Waals surface area contributed by atoms with E-state index in [1.54, 1.807) is 0 Å². The molecule has 2 heterocycles. The lowest BCUT2D eigenvalue weighted by atomic mass is 10.3. The summed E-state index contributed by atoms with van der Waals surface area (Å²) in [7, 11) is -3.58. The molecular formula is C11H14ClN3O4S. The largest absolute Gasteiger partial charge is 0.378 e. The van der Waals surface area contributed by atoms with E-state index in [2.05, 4.69) is 9.97 Å². The number of morpholine rings is 1. The molecule has 7 nitrogen and oxygen atoms in total. The van der Waals surface area contributed by atoms with Crippen LogP contribution in [0.15, 0.2) is 11.4 Å². The first-order valence-electron chi connectivity index (χ1n) is 6.08. The zero-order valence-electron chi connectivity index (χ0n) is 10.9. The summed E-state index contributed by atoms with van der Waals surface area (Å²) < 4.78 is 28.7. The molecule has 1 aromatic heterocycles. The van der Waals surface area contributed by atoms with Crippen LogP contribution in [0.5, 0.6) is 0 Å². The summed E-state index contributed by atoms with van der Waals surface area (Å²) in [5, 5.41) is -0.336. The molecule has 0 spiro atoms. The predicted molar refractivity (Wildman–Crippen MR) is 71.5 cm³/mol. The fourth-order valence-corrected chi connectivity index (χ4v) is 2.57. The van der Waals surface area contributed by atoms with Crippen molar-refractivity contribution in [3.63, 3.8) is 0 Å². The van der Waals surface area contributed by atoms with Gasteiger partial charge in [0.2, 0.25) is 15.0 Å². The molecular weight excluding hydrogens is 306 g/mol. The number of amides is 1. The maximum Gasteiger partial charge on any atom is 0.274 e. The van der Waals surface area contributed by atoms with E-state index in [0.29, 0.717) is 26.3 Å². The van der Waals surface area contributed by atoms with Gasteiger partial charge in [0.15, 0.2) is 5.69 Å². The average molecular weight is 320 g/mol. The van der Waals surface area contributed by atoms with Gasteiger partial charge in [0.25, 0.3) is 5.91 Å². The minimum absolute atomic E-state index is 0.0385. The first-order chi connectivity index (χ1) is 9.45. The van der Waals surface area contributed by atoms with Gasteiger partial charge in [-0.05, 0) is 0 Å². The van der Waals surface area contributed by atoms with Crippen LogP contribution in [0.4, 0.5) is 0 Å². The van der Waals surface area contributed by atoms with Crippen LogP contribution in [-0.4, -0.2) is 61.2 Å². The van der Waals surface area contributed by atoms with Gasteiger partial charge in [-0.2, -0.15) is 0 Å². The van der Waals surface area contributed by atoms with Crippen LogP contribution in [0.2, 0.25) is 5.02 Å². The molecule has 1 fully saturated rings. The normalized spacial score (nSPS) is 16.2. The number of sulfone groups is 1. The number of carbonyl (C=O) groups is 1. The monoisotopic (exact) mass is 319 g/mol. The number of rotatable bonds is 3. The Bertz CT molecular complexity index is 614. The van der Waals surface area contributed by atoms with Gasteiger partial charge in [0.1, 0.15) is 0 Å². The number of halogens is 1. The molecule has 0 atom stereocenters. The minimum Gasteiger partial charge on any atom is -0.378 e. The van der Waals surface area contributed by atoms with E-state index in [1.807, 2.05) is 0 Å². The van der Waals surface area contributed by atoms with Crippen molar-refractivity contribution < 1.29 is 17.9 Å². The number of aromatic nitrogens is 2. The number of hydrogen-bond acceptors (Lipinski definition) is 6. The van der Waals surface area contributed by atoms with Crippen molar-refractivity contribution in [2.45, 2.75) is 12.1 Å². The molecule has 0 aliphatic carbocycles. The van der Waals surface area contributed by atoms with Gasteiger partial charge in [0, 0.05) is 13.1 Å². The van der Waals surface area contributed by atoms with Crippen molar-refractivity contribution in [3.05, 3.63) is 16.9 Å². The van der Waals surface area contributed by atoms with E-state index in [4.69, 9.17) is 16.3 Å². The zero-order chi connectivity index (χ0) is 14.8. The van der Waals surface area contributed by atoms with E-state index >= 15 is 0 Å². The molecule has 1 aliphatic heterocycles. The smallest absolute Gasteiger partial charge is 0.274 e. The third-order valence-corrected chi connectivity index (χ3v) is 4.67. The highest BCUT2D eigenvalue weighted by atomic mass is 35.5. The average Bonchev–Trinajstić information content (AvgIpc) is 2.47. The Morgan fingerprint density at radius 1 is 1.45 bits per heavy atom. The lowest BCUT2D eigenvalue weighted by molar-refractivity contribution is 0.0298. The summed E-state index contributed by atoms with van der Waals surface area (Å²) in [5.74, 6) is -0.548. The Kier molecular flexibility index (Phi) is 4.56. The van der Waals surface area contributed by atoms with Crippen molar-refractivity contribution in [2.24, 2.45) is 0 Å². The summed E-state index contributed by atoms with van der Waals surface area (Å²) in [5.41, 5.74) is -0.0874. The third-order valence-electron chi connectivity index (χ3n) is 2.88. The molecule has 2 rings (SSSR count). The number of ether oxygens (including phenoxy) is 1. The predicted octanol–water partition coefficient (Wildman–Crippen LogP) is 0.396. The molecule has 0 saturated carbocycles. The second-order valence-corrected chi connectivity index (χ2v) is 6.74. The lowest BCUT2D eigenvalue weighted by Crippen LogP contribution is -2.41. The third kappa shape index (κ3) is 3.08. The van der Waals surface area contributed by atoms with Gasteiger partial charge in [-0.1, -0.05) is 18.5 Å². The molecule has 9 heteroatoms. The van der Waals surface area contributed by atoms with E-state index in [1.165, 1.54) is 11.8 Å². The highest BCUT2D eigenvalue weighted by molar-refractivity contribution is 7.91. The highest BCUT2D eigenvalue weighted by Crippen LogP contribution is 2.17. The van der Waals surface area contributed by atoms with Gasteiger partial charge < -0.3 is 9.64 Å². The van der Waals surface area contributed by atoms with E-state index in [-0.39, 0.29) is 21.6 Å². The summed E-state index contributed by atoms with van der Waals surface area (Å²) in [6, 6.07) is 0. The summed E-state index contributed by atoms with van der Waals surface area (Å²) in [6.07, 6.45) is 1.14. The van der Waals surface area contributed by atoms with Crippen LogP contribution >= 0.6 is 11.6 Å². The van der Waals surface area contributed by atoms with Crippen molar-refractivity contribution >= 4 is 27.3 Å². The number of hydrogen-bond donors (Lipinski definition) is 0. The van der Waals surface area contributed by atoms with Crippen LogP contribution in [0, 0.1) is 0 Å². The fourth-order valence-electron chi connectivity index (χ4n) is 1.70. The van der Waals surface area contributed by atoms with E-state index in [9.17, 15) is 13.2 Å². The Hall–Kier alpha value is -1.25. The molecule has 20 heavy (non-hydrogen) atoms. The highest BCUT2D eigenvalue weighted by Gasteiger charge is 2.25. The van der Waals surface area contributed by atoms with Gasteiger partial charge in [0.05, 0.1) is 30.2 Å². The first-order valence-corrected chi connectivity index (χ1v) is 8.11. The minimum atomic E-state index is -3.58. The number of carbonyl (C=O) groups excluding carboxylic acids is 1. The van der Waals surface area contributed by atoms with Crippen LogP contribution in [0.3, 0.4) is 0 Å². The molecule has 0 N–H and O–H groups in total. The SMILES string of the molecule is CCS(=O)(=O)c1ncc(Cl)c(C(=O)N2CCOCC2)n1. The molecule has 0 unspecified atom stereocenters. The van der Waals surface area contributed by atoms with Gasteiger partial charge in [-0.3, -0.25) is 4.79 Å². The zero-order valence-corrected chi connectivity index (χ0v) is 12.4. The topological polar surface area (TPSA) is 89.5 Å². The van der Waals surface area contributed by atoms with Crippen LogP contribution in [-0.2, 0) is 14.6 Å². The summed E-state index contributed by atoms with van der Waals surface area (Å²) in [6.45, 7) is 3.21.